The van der Waals surface area contributed by atoms with Crippen LogP contribution in [0.1, 0.15) is 35.7 Å². The van der Waals surface area contributed by atoms with Crippen LogP contribution in [0.3, 0.4) is 0 Å². The lowest BCUT2D eigenvalue weighted by molar-refractivity contribution is 0.0525. The van der Waals surface area contributed by atoms with Gasteiger partial charge in [-0.1, -0.05) is 63.0 Å². The summed E-state index contributed by atoms with van der Waals surface area (Å²) >= 11 is 0. The van der Waals surface area contributed by atoms with E-state index in [0.717, 1.165) is 38.5 Å². The molecule has 0 spiro atoms. The zero-order valence-corrected chi connectivity index (χ0v) is 22.7. The molecule has 0 atom stereocenters. The molecule has 186 valence electrons. The Balaban J connectivity index is 1.65. The number of piperidine rings is 1. The van der Waals surface area contributed by atoms with E-state index in [1.54, 1.807) is 22.5 Å². The average Bonchev–Trinajstić information content (AvgIpc) is 2.80. The van der Waals surface area contributed by atoms with Crippen molar-refractivity contribution in [1.29, 1.82) is 0 Å². The van der Waals surface area contributed by atoms with Crippen molar-refractivity contribution in [1.82, 2.24) is 9.21 Å². The maximum Gasteiger partial charge on any atom is 0.338 e. The second-order valence-electron chi connectivity index (χ2n) is 10.2. The van der Waals surface area contributed by atoms with Crippen molar-refractivity contribution >= 4 is 24.1 Å². The minimum absolute atomic E-state index is 0.0469. The van der Waals surface area contributed by atoms with Gasteiger partial charge in [-0.15, -0.1) is 0 Å². The van der Waals surface area contributed by atoms with Crippen molar-refractivity contribution in [3.63, 3.8) is 0 Å². The van der Waals surface area contributed by atoms with Crippen LogP contribution in [0.4, 0.5) is 0 Å². The Morgan fingerprint density at radius 2 is 1.74 bits per heavy atom. The van der Waals surface area contributed by atoms with Gasteiger partial charge in [0, 0.05) is 40.3 Å². The summed E-state index contributed by atoms with van der Waals surface area (Å²) in [5.74, 6) is -0.465. The van der Waals surface area contributed by atoms with Gasteiger partial charge in [-0.05, 0) is 42.6 Å². The second kappa shape index (κ2) is 11.6. The number of rotatable bonds is 10. The fraction of sp³-hybridized carbons (Fsp3) is 0.500. The van der Waals surface area contributed by atoms with Crippen LogP contribution in [-0.4, -0.2) is 63.9 Å². The van der Waals surface area contributed by atoms with Crippen LogP contribution in [0.15, 0.2) is 59.5 Å². The van der Waals surface area contributed by atoms with E-state index in [2.05, 4.69) is 36.7 Å². The van der Waals surface area contributed by atoms with Crippen LogP contribution in [0.5, 0.6) is 0 Å². The average molecular weight is 503 g/mol. The van der Waals surface area contributed by atoms with E-state index < -0.39 is 24.1 Å². The highest BCUT2D eigenvalue weighted by molar-refractivity contribution is 7.89. The molecule has 0 saturated carbocycles. The van der Waals surface area contributed by atoms with Crippen LogP contribution < -0.4 is 0 Å². The molecule has 0 unspecified atom stereocenters. The number of likely N-dealkylation sites (tertiary alicyclic amines) is 1. The third kappa shape index (κ3) is 7.25. The molecule has 1 aliphatic rings. The first kappa shape index (κ1) is 26.6. The smallest absolute Gasteiger partial charge is 0.338 e. The van der Waals surface area contributed by atoms with E-state index in [1.807, 2.05) is 25.1 Å². The summed E-state index contributed by atoms with van der Waals surface area (Å²) in [6, 6.07) is 17.5. The van der Waals surface area contributed by atoms with Gasteiger partial charge < -0.3 is 4.74 Å². The molecule has 0 aliphatic carbocycles. The van der Waals surface area contributed by atoms with Crippen molar-refractivity contribution in [3.8, 4) is 0 Å². The summed E-state index contributed by atoms with van der Waals surface area (Å²) in [5.41, 5.74) is 1.56. The Morgan fingerprint density at radius 3 is 2.35 bits per heavy atom. The molecule has 3 rings (SSSR count). The Hall–Kier alpha value is -2.00. The van der Waals surface area contributed by atoms with Crippen molar-refractivity contribution in [2.75, 3.05) is 26.2 Å². The molecule has 0 aromatic heterocycles. The van der Waals surface area contributed by atoms with Gasteiger partial charge >= 0.3 is 5.97 Å². The van der Waals surface area contributed by atoms with E-state index in [-0.39, 0.29) is 16.5 Å². The Kier molecular flexibility index (Phi) is 9.09. The lowest BCUT2D eigenvalue weighted by Gasteiger charge is -2.37. The molecule has 6 nitrogen and oxygen atoms in total. The van der Waals surface area contributed by atoms with Gasteiger partial charge in [-0.25, -0.2) is 13.2 Å². The Labute approximate surface area is 206 Å². The first-order chi connectivity index (χ1) is 16.1. The van der Waals surface area contributed by atoms with Crippen LogP contribution in [-0.2, 0) is 21.3 Å². The fourth-order valence-corrected chi connectivity index (χ4v) is 6.74. The van der Waals surface area contributed by atoms with Gasteiger partial charge in [0.2, 0.25) is 10.0 Å². The molecule has 1 fully saturated rings. The van der Waals surface area contributed by atoms with E-state index in [4.69, 9.17) is 4.74 Å². The number of carbonyl (C=O) groups is 1. The molecule has 8 heteroatoms. The number of benzene rings is 2. The number of carbonyl (C=O) groups excluding carboxylic acids is 1. The first-order valence-electron chi connectivity index (χ1n) is 12.2. The van der Waals surface area contributed by atoms with Gasteiger partial charge in [0.1, 0.15) is 0 Å². The predicted molar refractivity (Wildman–Crippen MR) is 139 cm³/mol. The van der Waals surface area contributed by atoms with E-state index in [9.17, 15) is 13.2 Å². The molecule has 1 heterocycles. The molecule has 0 bridgehead atoms. The highest BCUT2D eigenvalue weighted by atomic mass is 32.2. The van der Waals surface area contributed by atoms with Gasteiger partial charge in [0.25, 0.3) is 0 Å². The summed E-state index contributed by atoms with van der Waals surface area (Å²) < 4.78 is 34.1. The quantitative estimate of drug-likeness (QED) is 0.343. The van der Waals surface area contributed by atoms with E-state index in [1.165, 1.54) is 11.6 Å². The first-order valence-corrected chi connectivity index (χ1v) is 17.3. The maximum absolute atomic E-state index is 13.5. The molecular formula is C26H38N2O4SSi. The van der Waals surface area contributed by atoms with Crippen LogP contribution in [0, 0.1) is 0 Å². The summed E-state index contributed by atoms with van der Waals surface area (Å²) in [6.07, 6.45) is 1.58. The van der Waals surface area contributed by atoms with Crippen molar-refractivity contribution in [2.45, 2.75) is 62.9 Å². The second-order valence-corrected chi connectivity index (χ2v) is 17.7. The SMILES string of the molecule is CCN(C1CCN(Cc2ccccc2)CC1)S(=O)(=O)c1cccc(C(=O)OCC[Si](C)(C)C)c1. The zero-order chi connectivity index (χ0) is 24.8. The fourth-order valence-electron chi connectivity index (χ4n) is 4.28. The minimum atomic E-state index is -3.71. The minimum Gasteiger partial charge on any atom is -0.462 e. The number of hydrogen-bond donors (Lipinski definition) is 0. The van der Waals surface area contributed by atoms with Crippen LogP contribution >= 0.6 is 0 Å². The third-order valence-corrected chi connectivity index (χ3v) is 10.0. The number of esters is 1. The molecule has 34 heavy (non-hydrogen) atoms. The topological polar surface area (TPSA) is 66.9 Å². The van der Waals surface area contributed by atoms with Gasteiger partial charge in [0.15, 0.2) is 0 Å². The highest BCUT2D eigenvalue weighted by Gasteiger charge is 2.33. The van der Waals surface area contributed by atoms with E-state index in [0.29, 0.717) is 13.2 Å². The third-order valence-electron chi connectivity index (χ3n) is 6.29. The van der Waals surface area contributed by atoms with Crippen LogP contribution in [0.25, 0.3) is 0 Å². The molecule has 0 radical (unpaired) electrons. The molecule has 1 saturated heterocycles. The van der Waals surface area contributed by atoms with Gasteiger partial charge in [0.05, 0.1) is 17.1 Å². The van der Waals surface area contributed by atoms with Gasteiger partial charge in [-0.2, -0.15) is 4.31 Å². The molecule has 2 aromatic rings. The number of nitrogens with zero attached hydrogens (tertiary/aromatic N) is 2. The van der Waals surface area contributed by atoms with Crippen molar-refractivity contribution < 1.29 is 17.9 Å². The predicted octanol–water partition coefficient (Wildman–Crippen LogP) is 4.86. The van der Waals surface area contributed by atoms with Crippen molar-refractivity contribution in [3.05, 3.63) is 65.7 Å². The van der Waals surface area contributed by atoms with Gasteiger partial charge in [-0.3, -0.25) is 4.90 Å². The monoisotopic (exact) mass is 502 g/mol. The summed E-state index contributed by atoms with van der Waals surface area (Å²) in [5, 5.41) is 0. The summed E-state index contributed by atoms with van der Waals surface area (Å²) in [6.45, 7) is 11.9. The lowest BCUT2D eigenvalue weighted by Crippen LogP contribution is -2.47. The van der Waals surface area contributed by atoms with Crippen molar-refractivity contribution in [2.24, 2.45) is 0 Å². The molecular weight excluding hydrogens is 464 g/mol. The summed E-state index contributed by atoms with van der Waals surface area (Å²) in [7, 11) is -5.03. The summed E-state index contributed by atoms with van der Waals surface area (Å²) in [4.78, 5) is 15.0. The zero-order valence-electron chi connectivity index (χ0n) is 20.9. The largest absolute Gasteiger partial charge is 0.462 e. The number of sulfonamides is 1. The molecule has 0 N–H and O–H groups in total. The molecule has 1 aliphatic heterocycles. The molecule has 0 amide bonds. The Bertz CT molecular complexity index is 1050. The number of hydrogen-bond acceptors (Lipinski definition) is 5. The Morgan fingerprint density at radius 1 is 1.06 bits per heavy atom. The van der Waals surface area contributed by atoms with E-state index >= 15 is 0 Å². The normalized spacial score (nSPS) is 16.0. The number of ether oxygens (including phenoxy) is 1. The lowest BCUT2D eigenvalue weighted by atomic mass is 10.0. The van der Waals surface area contributed by atoms with Crippen LogP contribution in [0.2, 0.25) is 25.7 Å². The highest BCUT2D eigenvalue weighted by Crippen LogP contribution is 2.25. The standard InChI is InChI=1S/C26H38N2O4SSi/c1-5-28(24-14-16-27(17-15-24)21-22-10-7-6-8-11-22)33(30,31)25-13-9-12-23(20-25)26(29)32-18-19-34(2,3)4/h6-13,20,24H,5,14-19,21H2,1-4H3. The molecule has 2 aromatic carbocycles. The maximum atomic E-state index is 13.5.